The lowest BCUT2D eigenvalue weighted by Gasteiger charge is -1.99. The van der Waals surface area contributed by atoms with Crippen LogP contribution in [-0.4, -0.2) is 15.6 Å². The lowest BCUT2D eigenvalue weighted by atomic mass is 10.2. The fraction of sp³-hybridized carbons (Fsp3) is 0.333. The molecule has 0 aliphatic heterocycles. The summed E-state index contributed by atoms with van der Waals surface area (Å²) in [7, 11) is 1.86. The highest BCUT2D eigenvalue weighted by atomic mass is 35.5. The average molecular weight is 269 g/mol. The molecular formula is C12H13ClN2OS. The van der Waals surface area contributed by atoms with Crippen LogP contribution in [0.1, 0.15) is 28.0 Å². The molecule has 0 aliphatic rings. The van der Waals surface area contributed by atoms with E-state index >= 15 is 0 Å². The van der Waals surface area contributed by atoms with Gasteiger partial charge in [0, 0.05) is 12.7 Å². The molecular weight excluding hydrogens is 256 g/mol. The van der Waals surface area contributed by atoms with Crippen LogP contribution in [0.15, 0.2) is 18.2 Å². The molecule has 0 aliphatic carbocycles. The molecule has 0 bridgehead atoms. The molecule has 0 fully saturated rings. The van der Waals surface area contributed by atoms with Gasteiger partial charge in [0.25, 0.3) is 0 Å². The van der Waals surface area contributed by atoms with Crippen LogP contribution in [0.4, 0.5) is 0 Å². The minimum Gasteiger partial charge on any atom is -0.293 e. The Morgan fingerprint density at radius 1 is 1.53 bits per heavy atom. The van der Waals surface area contributed by atoms with E-state index in [0.29, 0.717) is 15.6 Å². The second kappa shape index (κ2) is 5.02. The Hall–Kier alpha value is -1.13. The molecule has 0 unspecified atom stereocenters. The van der Waals surface area contributed by atoms with Gasteiger partial charge in [0.2, 0.25) is 0 Å². The van der Waals surface area contributed by atoms with E-state index in [2.05, 4.69) is 5.10 Å². The number of Topliss-reactive ketones (excluding diaryl/α,β-unsaturated/α-hetero) is 1. The van der Waals surface area contributed by atoms with Crippen LogP contribution in [0.5, 0.6) is 0 Å². The Kier molecular flexibility index (Phi) is 3.64. The molecule has 2 aromatic heterocycles. The van der Waals surface area contributed by atoms with Gasteiger partial charge in [-0.25, -0.2) is 0 Å². The number of rotatable bonds is 4. The van der Waals surface area contributed by atoms with Crippen molar-refractivity contribution in [2.24, 2.45) is 7.05 Å². The number of thiophene rings is 1. The first-order chi connectivity index (χ1) is 8.10. The summed E-state index contributed by atoms with van der Waals surface area (Å²) in [5.41, 5.74) is 1.95. The first-order valence-corrected chi connectivity index (χ1v) is 6.60. The Balaban J connectivity index is 2.15. The maximum absolute atomic E-state index is 12.0. The number of hydrogen-bond donors (Lipinski definition) is 0. The first kappa shape index (κ1) is 12.3. The molecule has 2 rings (SSSR count). The summed E-state index contributed by atoms with van der Waals surface area (Å²) < 4.78 is 2.42. The number of nitrogens with zero attached hydrogens (tertiary/aromatic N) is 2. The number of aromatic nitrogens is 2. The Morgan fingerprint density at radius 3 is 2.82 bits per heavy atom. The minimum atomic E-state index is 0.0903. The fourth-order valence-corrected chi connectivity index (χ4v) is 2.61. The van der Waals surface area contributed by atoms with Gasteiger partial charge in [-0.3, -0.25) is 9.48 Å². The molecule has 3 nitrogen and oxygen atoms in total. The van der Waals surface area contributed by atoms with Crippen molar-refractivity contribution < 1.29 is 4.79 Å². The van der Waals surface area contributed by atoms with Crippen molar-refractivity contribution in [1.82, 2.24) is 9.78 Å². The van der Waals surface area contributed by atoms with Gasteiger partial charge >= 0.3 is 0 Å². The van der Waals surface area contributed by atoms with E-state index < -0.39 is 0 Å². The average Bonchev–Trinajstić information content (AvgIpc) is 2.86. The minimum absolute atomic E-state index is 0.0903. The molecule has 17 heavy (non-hydrogen) atoms. The maximum Gasteiger partial charge on any atom is 0.178 e. The zero-order valence-corrected chi connectivity index (χ0v) is 11.3. The van der Waals surface area contributed by atoms with Crippen LogP contribution in [0.2, 0.25) is 4.34 Å². The summed E-state index contributed by atoms with van der Waals surface area (Å²) >= 11 is 7.13. The Bertz CT molecular complexity index is 544. The quantitative estimate of drug-likeness (QED) is 0.799. The standard InChI is InChI=1S/C12H13ClN2OS/c1-3-8-6-9(15(2)14-8)7-10(16)11-4-5-12(13)17-11/h4-6H,3,7H2,1-2H3. The molecule has 0 saturated carbocycles. The summed E-state index contributed by atoms with van der Waals surface area (Å²) in [6.07, 6.45) is 1.26. The highest BCUT2D eigenvalue weighted by Gasteiger charge is 2.13. The molecule has 0 spiro atoms. The normalized spacial score (nSPS) is 10.8. The van der Waals surface area contributed by atoms with Gasteiger partial charge in [0.05, 0.1) is 21.3 Å². The number of aryl methyl sites for hydroxylation is 2. The van der Waals surface area contributed by atoms with Crippen molar-refractivity contribution >= 4 is 28.7 Å². The molecule has 0 N–H and O–H groups in total. The van der Waals surface area contributed by atoms with Crippen molar-refractivity contribution in [3.05, 3.63) is 38.8 Å². The summed E-state index contributed by atoms with van der Waals surface area (Å²) in [5.74, 6) is 0.0903. The van der Waals surface area contributed by atoms with Crippen LogP contribution in [0.3, 0.4) is 0 Å². The van der Waals surface area contributed by atoms with E-state index in [-0.39, 0.29) is 5.78 Å². The smallest absolute Gasteiger partial charge is 0.178 e. The zero-order valence-electron chi connectivity index (χ0n) is 9.74. The molecule has 0 aromatic carbocycles. The topological polar surface area (TPSA) is 34.9 Å². The molecule has 0 radical (unpaired) electrons. The van der Waals surface area contributed by atoms with Crippen LogP contribution < -0.4 is 0 Å². The summed E-state index contributed by atoms with van der Waals surface area (Å²) in [6, 6.07) is 5.50. The third-order valence-electron chi connectivity index (χ3n) is 2.58. The molecule has 2 heterocycles. The maximum atomic E-state index is 12.0. The van der Waals surface area contributed by atoms with Gasteiger partial charge in [0.15, 0.2) is 5.78 Å². The molecule has 0 atom stereocenters. The number of carbonyl (C=O) groups is 1. The predicted octanol–water partition coefficient (Wildman–Crippen LogP) is 3.12. The third kappa shape index (κ3) is 2.76. The van der Waals surface area contributed by atoms with Crippen molar-refractivity contribution in [1.29, 1.82) is 0 Å². The van der Waals surface area contributed by atoms with E-state index in [4.69, 9.17) is 11.6 Å². The summed E-state index contributed by atoms with van der Waals surface area (Å²) in [4.78, 5) is 12.7. The van der Waals surface area contributed by atoms with Gasteiger partial charge in [-0.05, 0) is 24.6 Å². The molecule has 5 heteroatoms. The number of ketones is 1. The van der Waals surface area contributed by atoms with Crippen LogP contribution in [0, 0.1) is 0 Å². The van der Waals surface area contributed by atoms with Gasteiger partial charge in [-0.1, -0.05) is 18.5 Å². The van der Waals surface area contributed by atoms with Crippen molar-refractivity contribution in [2.45, 2.75) is 19.8 Å². The Labute approximate surface area is 109 Å². The molecule has 0 saturated heterocycles. The fourth-order valence-electron chi connectivity index (χ4n) is 1.63. The second-order valence-corrected chi connectivity index (χ2v) is 5.52. The lowest BCUT2D eigenvalue weighted by Crippen LogP contribution is -2.06. The molecule has 2 aromatic rings. The zero-order chi connectivity index (χ0) is 12.4. The highest BCUT2D eigenvalue weighted by Crippen LogP contribution is 2.22. The molecule has 0 amide bonds. The summed E-state index contributed by atoms with van der Waals surface area (Å²) in [6.45, 7) is 2.05. The van der Waals surface area contributed by atoms with Crippen LogP contribution in [0.25, 0.3) is 0 Å². The monoisotopic (exact) mass is 268 g/mol. The summed E-state index contributed by atoms with van der Waals surface area (Å²) in [5, 5.41) is 4.32. The van der Waals surface area contributed by atoms with Gasteiger partial charge < -0.3 is 0 Å². The van der Waals surface area contributed by atoms with E-state index in [0.717, 1.165) is 17.8 Å². The van der Waals surface area contributed by atoms with E-state index in [1.807, 2.05) is 20.0 Å². The van der Waals surface area contributed by atoms with Crippen LogP contribution in [-0.2, 0) is 19.9 Å². The van der Waals surface area contributed by atoms with E-state index in [1.165, 1.54) is 11.3 Å². The second-order valence-electron chi connectivity index (χ2n) is 3.81. The van der Waals surface area contributed by atoms with E-state index in [1.54, 1.807) is 16.8 Å². The van der Waals surface area contributed by atoms with Crippen molar-refractivity contribution in [2.75, 3.05) is 0 Å². The van der Waals surface area contributed by atoms with Crippen LogP contribution >= 0.6 is 22.9 Å². The van der Waals surface area contributed by atoms with Crippen molar-refractivity contribution in [3.63, 3.8) is 0 Å². The van der Waals surface area contributed by atoms with Crippen molar-refractivity contribution in [3.8, 4) is 0 Å². The predicted molar refractivity (Wildman–Crippen MR) is 69.9 cm³/mol. The van der Waals surface area contributed by atoms with Gasteiger partial charge in [-0.15, -0.1) is 11.3 Å². The van der Waals surface area contributed by atoms with Gasteiger partial charge in [-0.2, -0.15) is 5.10 Å². The SMILES string of the molecule is CCc1cc(CC(=O)c2ccc(Cl)s2)n(C)n1. The van der Waals surface area contributed by atoms with Gasteiger partial charge in [0.1, 0.15) is 0 Å². The first-order valence-electron chi connectivity index (χ1n) is 5.40. The largest absolute Gasteiger partial charge is 0.293 e. The number of hydrogen-bond acceptors (Lipinski definition) is 3. The molecule has 90 valence electrons. The Morgan fingerprint density at radius 2 is 2.29 bits per heavy atom. The number of halogens is 1. The third-order valence-corrected chi connectivity index (χ3v) is 3.85. The van der Waals surface area contributed by atoms with E-state index in [9.17, 15) is 4.79 Å². The number of carbonyl (C=O) groups excluding carboxylic acids is 1. The highest BCUT2D eigenvalue weighted by molar-refractivity contribution is 7.18. The lowest BCUT2D eigenvalue weighted by molar-refractivity contribution is 0.0994.